The van der Waals surface area contributed by atoms with E-state index in [0.29, 0.717) is 42.8 Å². The van der Waals surface area contributed by atoms with Crippen LogP contribution < -0.4 is 10.2 Å². The summed E-state index contributed by atoms with van der Waals surface area (Å²) in [6.07, 6.45) is -3.00. The molecular formula is C23H24F3N5O2. The van der Waals surface area contributed by atoms with Crippen molar-refractivity contribution >= 4 is 28.4 Å². The molecule has 2 aromatic carbocycles. The molecule has 1 N–H and O–H groups in total. The fourth-order valence-corrected chi connectivity index (χ4v) is 4.09. The van der Waals surface area contributed by atoms with Crippen LogP contribution in [0.4, 0.5) is 24.7 Å². The number of benzene rings is 2. The van der Waals surface area contributed by atoms with Gasteiger partial charge in [-0.1, -0.05) is 12.1 Å². The molecule has 1 aromatic heterocycles. The Bertz CT molecular complexity index is 1150. The van der Waals surface area contributed by atoms with Crippen LogP contribution >= 0.6 is 0 Å². The molecule has 2 heterocycles. The summed E-state index contributed by atoms with van der Waals surface area (Å²) in [6.45, 7) is 3.19. The molecule has 0 saturated carbocycles. The topological polar surface area (TPSA) is 80.2 Å². The van der Waals surface area contributed by atoms with Crippen LogP contribution in [0.1, 0.15) is 36.9 Å². The van der Waals surface area contributed by atoms with Crippen LogP contribution in [0.5, 0.6) is 0 Å². The van der Waals surface area contributed by atoms with Gasteiger partial charge in [0.05, 0.1) is 30.1 Å². The van der Waals surface area contributed by atoms with Gasteiger partial charge in [-0.15, -0.1) is 10.2 Å². The molecule has 0 unspecified atom stereocenters. The average molecular weight is 459 g/mol. The predicted molar refractivity (Wildman–Crippen MR) is 118 cm³/mol. The van der Waals surface area contributed by atoms with Crippen LogP contribution in [0, 0.1) is 5.92 Å². The van der Waals surface area contributed by atoms with Gasteiger partial charge >= 0.3 is 12.1 Å². The highest BCUT2D eigenvalue weighted by Gasteiger charge is 2.31. The average Bonchev–Trinajstić information content (AvgIpc) is 2.83. The molecule has 33 heavy (non-hydrogen) atoms. The summed E-state index contributed by atoms with van der Waals surface area (Å²) >= 11 is 0. The highest BCUT2D eigenvalue weighted by Crippen LogP contribution is 2.33. The molecular weight excluding hydrogens is 435 g/mol. The van der Waals surface area contributed by atoms with Crippen molar-refractivity contribution in [2.24, 2.45) is 5.92 Å². The molecule has 1 aliphatic rings. The summed E-state index contributed by atoms with van der Waals surface area (Å²) in [4.78, 5) is 14.0. The van der Waals surface area contributed by atoms with E-state index in [0.717, 1.165) is 23.2 Å². The lowest BCUT2D eigenvalue weighted by molar-refractivity contribution is -0.146. The molecule has 4 rings (SSSR count). The third-order valence-electron chi connectivity index (χ3n) is 5.99. The Labute approximate surface area is 188 Å². The van der Waals surface area contributed by atoms with Crippen molar-refractivity contribution in [1.29, 1.82) is 0 Å². The third kappa shape index (κ3) is 4.99. The largest absolute Gasteiger partial charge is 0.469 e. The molecule has 1 atom stereocenters. The molecule has 7 nitrogen and oxygen atoms in total. The number of halogens is 3. The Morgan fingerprint density at radius 1 is 1.15 bits per heavy atom. The lowest BCUT2D eigenvalue weighted by Gasteiger charge is -2.32. The zero-order valence-corrected chi connectivity index (χ0v) is 18.3. The first-order valence-electron chi connectivity index (χ1n) is 10.7. The normalized spacial score (nSPS) is 16.0. The monoisotopic (exact) mass is 459 g/mol. The van der Waals surface area contributed by atoms with E-state index in [9.17, 15) is 18.0 Å². The van der Waals surface area contributed by atoms with Gasteiger partial charge in [0.1, 0.15) is 0 Å². The van der Waals surface area contributed by atoms with Gasteiger partial charge in [-0.2, -0.15) is 13.2 Å². The van der Waals surface area contributed by atoms with Crippen LogP contribution in [0.25, 0.3) is 10.9 Å². The minimum atomic E-state index is -4.41. The van der Waals surface area contributed by atoms with E-state index in [1.54, 1.807) is 13.0 Å². The number of aromatic nitrogens is 3. The minimum absolute atomic E-state index is 0.0928. The molecule has 3 aromatic rings. The van der Waals surface area contributed by atoms with Gasteiger partial charge in [0.25, 0.3) is 0 Å². The number of hydrogen-bond acceptors (Lipinski definition) is 7. The van der Waals surface area contributed by atoms with E-state index in [1.165, 1.54) is 13.2 Å². The number of fused-ring (bicyclic) bond motifs is 1. The lowest BCUT2D eigenvalue weighted by Crippen LogP contribution is -2.36. The second-order valence-electron chi connectivity index (χ2n) is 8.11. The number of esters is 1. The van der Waals surface area contributed by atoms with E-state index in [4.69, 9.17) is 4.74 Å². The molecule has 10 heteroatoms. The maximum Gasteiger partial charge on any atom is 0.416 e. The molecule has 0 radical (unpaired) electrons. The summed E-state index contributed by atoms with van der Waals surface area (Å²) in [5.41, 5.74) is 1.36. The summed E-state index contributed by atoms with van der Waals surface area (Å²) in [7, 11) is 1.40. The van der Waals surface area contributed by atoms with Crippen molar-refractivity contribution in [2.75, 3.05) is 30.4 Å². The van der Waals surface area contributed by atoms with Gasteiger partial charge < -0.3 is 15.0 Å². The molecule has 0 bridgehead atoms. The van der Waals surface area contributed by atoms with Gasteiger partial charge in [0, 0.05) is 24.2 Å². The molecule has 0 aliphatic carbocycles. The van der Waals surface area contributed by atoms with Crippen LogP contribution in [0.15, 0.2) is 42.5 Å². The second-order valence-corrected chi connectivity index (χ2v) is 8.11. The number of rotatable bonds is 5. The molecule has 0 amide bonds. The van der Waals surface area contributed by atoms with E-state index < -0.39 is 17.8 Å². The van der Waals surface area contributed by atoms with E-state index in [1.807, 2.05) is 18.2 Å². The highest BCUT2D eigenvalue weighted by atomic mass is 19.4. The van der Waals surface area contributed by atoms with Crippen LogP contribution in [-0.2, 0) is 15.7 Å². The number of carbonyl (C=O) groups is 1. The van der Waals surface area contributed by atoms with Gasteiger partial charge in [-0.3, -0.25) is 4.79 Å². The number of nitrogens with zero attached hydrogens (tertiary/aromatic N) is 4. The van der Waals surface area contributed by atoms with Crippen molar-refractivity contribution in [3.8, 4) is 0 Å². The first-order chi connectivity index (χ1) is 15.8. The van der Waals surface area contributed by atoms with Gasteiger partial charge in [0.15, 0.2) is 5.82 Å². The zero-order chi connectivity index (χ0) is 23.6. The number of methoxy groups -OCH3 is 1. The Morgan fingerprint density at radius 3 is 2.61 bits per heavy atom. The van der Waals surface area contributed by atoms with E-state index >= 15 is 0 Å². The standard InChI is InChI=1S/C23H24F3N5O2/c1-14(16-4-3-5-17(12-16)23(24,25)26)27-21-19-13-18(6-7-20(19)28-30-29-21)31-10-8-15(9-11-31)22(32)33-2/h3-7,12-15H,8-11H2,1-2H3,(H,27,28,29)/t14-/m1/s1. The fraction of sp³-hybridized carbons (Fsp3) is 0.391. The number of piperidine rings is 1. The van der Waals surface area contributed by atoms with Crippen molar-refractivity contribution in [3.63, 3.8) is 0 Å². The Balaban J connectivity index is 1.56. The number of alkyl halides is 3. The van der Waals surface area contributed by atoms with Crippen molar-refractivity contribution < 1.29 is 22.7 Å². The molecule has 0 spiro atoms. The first-order valence-corrected chi connectivity index (χ1v) is 10.7. The van der Waals surface area contributed by atoms with Crippen molar-refractivity contribution in [2.45, 2.75) is 32.0 Å². The van der Waals surface area contributed by atoms with Gasteiger partial charge in [0.2, 0.25) is 0 Å². The molecule has 1 fully saturated rings. The first kappa shape index (κ1) is 22.8. The van der Waals surface area contributed by atoms with Crippen LogP contribution in [-0.4, -0.2) is 41.6 Å². The third-order valence-corrected chi connectivity index (χ3v) is 5.99. The second kappa shape index (κ2) is 9.21. The number of anilines is 2. The van der Waals surface area contributed by atoms with Crippen molar-refractivity contribution in [3.05, 3.63) is 53.6 Å². The SMILES string of the molecule is COC(=O)C1CCN(c2ccc3nnnc(N[C@H](C)c4cccc(C(F)(F)F)c4)c3c2)CC1. The Hall–Kier alpha value is -3.43. The summed E-state index contributed by atoms with van der Waals surface area (Å²) in [5, 5.41) is 15.9. The van der Waals surface area contributed by atoms with Crippen molar-refractivity contribution in [1.82, 2.24) is 15.4 Å². The summed E-state index contributed by atoms with van der Waals surface area (Å²) < 4.78 is 44.1. The smallest absolute Gasteiger partial charge is 0.416 e. The number of hydrogen-bond donors (Lipinski definition) is 1. The number of carbonyl (C=O) groups excluding carboxylic acids is 1. The lowest BCUT2D eigenvalue weighted by atomic mass is 9.96. The van der Waals surface area contributed by atoms with Crippen LogP contribution in [0.3, 0.4) is 0 Å². The minimum Gasteiger partial charge on any atom is -0.469 e. The maximum atomic E-state index is 13.1. The number of ether oxygens (including phenoxy) is 1. The van der Waals surface area contributed by atoms with Gasteiger partial charge in [-0.25, -0.2) is 0 Å². The Kier molecular flexibility index (Phi) is 6.35. The molecule has 1 saturated heterocycles. The zero-order valence-electron chi connectivity index (χ0n) is 18.3. The van der Waals surface area contributed by atoms with Gasteiger partial charge in [-0.05, 0) is 60.9 Å². The van der Waals surface area contributed by atoms with Crippen LogP contribution in [0.2, 0.25) is 0 Å². The highest BCUT2D eigenvalue weighted by molar-refractivity contribution is 5.91. The summed E-state index contributed by atoms with van der Waals surface area (Å²) in [6, 6.07) is 10.5. The maximum absolute atomic E-state index is 13.1. The summed E-state index contributed by atoms with van der Waals surface area (Å²) in [5.74, 6) is 0.170. The Morgan fingerprint density at radius 2 is 1.91 bits per heavy atom. The van der Waals surface area contributed by atoms with E-state index in [-0.39, 0.29) is 11.9 Å². The van der Waals surface area contributed by atoms with E-state index in [2.05, 4.69) is 25.6 Å². The fourth-order valence-electron chi connectivity index (χ4n) is 4.09. The predicted octanol–water partition coefficient (Wildman–Crippen LogP) is 4.61. The molecule has 174 valence electrons. The quantitative estimate of drug-likeness (QED) is 0.559. The number of nitrogens with one attached hydrogen (secondary N) is 1. The molecule has 1 aliphatic heterocycles.